The van der Waals surface area contributed by atoms with Gasteiger partial charge in [-0.3, -0.25) is 0 Å². The number of halogens is 2. The average Bonchev–Trinajstić information content (AvgIpc) is 2.87. The van der Waals surface area contributed by atoms with E-state index < -0.39 is 5.82 Å². The lowest BCUT2D eigenvalue weighted by Crippen LogP contribution is -1.85. The van der Waals surface area contributed by atoms with Gasteiger partial charge >= 0.3 is 0 Å². The number of nitrogens with zero attached hydrogens (tertiary/aromatic N) is 3. The van der Waals surface area contributed by atoms with Crippen molar-refractivity contribution in [2.24, 2.45) is 0 Å². The van der Waals surface area contributed by atoms with Gasteiger partial charge in [0.2, 0.25) is 5.82 Å². The molecular weight excluding hydrogens is 329 g/mol. The lowest BCUT2D eigenvalue weighted by Gasteiger charge is -1.97. The predicted molar refractivity (Wildman–Crippen MR) is 72.3 cm³/mol. The molecule has 2 heterocycles. The molecule has 0 atom stereocenters. The van der Waals surface area contributed by atoms with Crippen molar-refractivity contribution in [3.05, 3.63) is 46.8 Å². The van der Waals surface area contributed by atoms with Crippen LogP contribution in [0.3, 0.4) is 0 Å². The van der Waals surface area contributed by atoms with Crippen molar-refractivity contribution < 1.29 is 14.0 Å². The zero-order valence-electron chi connectivity index (χ0n) is 9.92. The Labute approximate surface area is 121 Å². The first-order valence-corrected chi connectivity index (χ1v) is 6.37. The van der Waals surface area contributed by atoms with Crippen molar-refractivity contribution >= 4 is 15.9 Å². The van der Waals surface area contributed by atoms with Crippen LogP contribution < -0.4 is 0 Å². The monoisotopic (exact) mass is 335 g/mol. The molecule has 0 unspecified atom stereocenters. The van der Waals surface area contributed by atoms with Gasteiger partial charge in [-0.05, 0) is 30.3 Å². The number of benzene rings is 1. The minimum Gasteiger partial charge on any atom is -0.505 e. The van der Waals surface area contributed by atoms with Crippen molar-refractivity contribution in [2.45, 2.75) is 0 Å². The maximum absolute atomic E-state index is 13.3. The first kappa shape index (κ1) is 12.7. The fourth-order valence-electron chi connectivity index (χ4n) is 1.68. The number of hydrogen-bond acceptors (Lipinski definition) is 5. The van der Waals surface area contributed by atoms with Crippen molar-refractivity contribution in [1.82, 2.24) is 15.1 Å². The zero-order chi connectivity index (χ0) is 14.1. The van der Waals surface area contributed by atoms with Gasteiger partial charge in [-0.15, -0.1) is 0 Å². The van der Waals surface area contributed by atoms with Crippen molar-refractivity contribution in [3.8, 4) is 28.7 Å². The number of aromatic nitrogens is 3. The molecule has 1 N–H and O–H groups in total. The lowest BCUT2D eigenvalue weighted by molar-refractivity contribution is 0.423. The molecule has 100 valence electrons. The van der Waals surface area contributed by atoms with Crippen LogP contribution in [0.15, 0.2) is 45.5 Å². The molecule has 0 saturated heterocycles. The molecule has 0 fully saturated rings. The summed E-state index contributed by atoms with van der Waals surface area (Å²) in [6.07, 6.45) is 1.50. The van der Waals surface area contributed by atoms with Gasteiger partial charge in [0.25, 0.3) is 5.89 Å². The summed E-state index contributed by atoms with van der Waals surface area (Å²) in [5, 5.41) is 13.4. The first-order valence-electron chi connectivity index (χ1n) is 5.58. The van der Waals surface area contributed by atoms with E-state index in [4.69, 9.17) is 4.52 Å². The summed E-state index contributed by atoms with van der Waals surface area (Å²) in [5.41, 5.74) is 0.643. The van der Waals surface area contributed by atoms with E-state index >= 15 is 0 Å². The summed E-state index contributed by atoms with van der Waals surface area (Å²) in [4.78, 5) is 8.07. The van der Waals surface area contributed by atoms with Crippen molar-refractivity contribution in [1.29, 1.82) is 0 Å². The highest BCUT2D eigenvalue weighted by Crippen LogP contribution is 2.28. The summed E-state index contributed by atoms with van der Waals surface area (Å²) in [5.74, 6) is -0.201. The van der Waals surface area contributed by atoms with Crippen LogP contribution in [0.25, 0.3) is 23.0 Å². The molecule has 3 rings (SSSR count). The van der Waals surface area contributed by atoms with E-state index in [2.05, 4.69) is 31.1 Å². The van der Waals surface area contributed by atoms with Crippen LogP contribution in [0.5, 0.6) is 5.75 Å². The molecule has 2 aromatic heterocycles. The Bertz CT molecular complexity index is 756. The molecule has 0 spiro atoms. The molecule has 0 amide bonds. The van der Waals surface area contributed by atoms with Crippen molar-refractivity contribution in [3.63, 3.8) is 0 Å². The molecule has 0 saturated carbocycles. The molecule has 0 aliphatic rings. The molecule has 0 aliphatic heterocycles. The van der Waals surface area contributed by atoms with Gasteiger partial charge in [0, 0.05) is 16.2 Å². The molecular formula is C13H7BrFN3O2. The summed E-state index contributed by atoms with van der Waals surface area (Å²) >= 11 is 3.20. The quantitative estimate of drug-likeness (QED) is 0.776. The predicted octanol–water partition coefficient (Wildman–Crippen LogP) is 3.41. The highest BCUT2D eigenvalue weighted by molar-refractivity contribution is 9.10. The Kier molecular flexibility index (Phi) is 3.19. The molecule has 0 radical (unpaired) electrons. The minimum absolute atomic E-state index is 0.0666. The summed E-state index contributed by atoms with van der Waals surface area (Å²) in [7, 11) is 0. The maximum Gasteiger partial charge on any atom is 0.280 e. The van der Waals surface area contributed by atoms with E-state index in [1.807, 2.05) is 0 Å². The number of pyridine rings is 1. The normalized spacial score (nSPS) is 10.7. The van der Waals surface area contributed by atoms with Gasteiger partial charge in [0.1, 0.15) is 11.6 Å². The van der Waals surface area contributed by atoms with Crippen LogP contribution >= 0.6 is 15.9 Å². The SMILES string of the molecule is Oc1cccnc1-c1nc(-c2cc(F)cc(Br)c2)no1. The zero-order valence-corrected chi connectivity index (χ0v) is 11.5. The van der Waals surface area contributed by atoms with Gasteiger partial charge in [0.05, 0.1) is 0 Å². The van der Waals surface area contributed by atoms with Crippen LogP contribution in [0.4, 0.5) is 4.39 Å². The molecule has 1 aromatic carbocycles. The third kappa shape index (κ3) is 2.39. The van der Waals surface area contributed by atoms with E-state index in [0.717, 1.165) is 0 Å². The molecule has 20 heavy (non-hydrogen) atoms. The minimum atomic E-state index is -0.415. The molecule has 7 heteroatoms. The lowest BCUT2D eigenvalue weighted by atomic mass is 10.2. The Morgan fingerprint density at radius 1 is 1.25 bits per heavy atom. The third-order valence-corrected chi connectivity index (χ3v) is 2.99. The number of rotatable bonds is 2. The van der Waals surface area contributed by atoms with Crippen LogP contribution in [0.1, 0.15) is 0 Å². The summed E-state index contributed by atoms with van der Waals surface area (Å²) in [6, 6.07) is 7.33. The Morgan fingerprint density at radius 2 is 2.10 bits per heavy atom. The number of hydrogen-bond donors (Lipinski definition) is 1. The van der Waals surface area contributed by atoms with E-state index in [1.165, 1.54) is 24.4 Å². The second-order valence-electron chi connectivity index (χ2n) is 3.95. The second-order valence-corrected chi connectivity index (χ2v) is 4.87. The molecule has 0 bridgehead atoms. The fraction of sp³-hybridized carbons (Fsp3) is 0. The fourth-order valence-corrected chi connectivity index (χ4v) is 2.15. The average molecular weight is 336 g/mol. The van der Waals surface area contributed by atoms with E-state index in [0.29, 0.717) is 10.0 Å². The first-order chi connectivity index (χ1) is 9.63. The van der Waals surface area contributed by atoms with E-state index in [9.17, 15) is 9.50 Å². The van der Waals surface area contributed by atoms with Crippen LogP contribution in [0.2, 0.25) is 0 Å². The smallest absolute Gasteiger partial charge is 0.280 e. The van der Waals surface area contributed by atoms with Gasteiger partial charge in [-0.1, -0.05) is 21.1 Å². The summed E-state index contributed by atoms with van der Waals surface area (Å²) in [6.45, 7) is 0. The highest BCUT2D eigenvalue weighted by atomic mass is 79.9. The number of aromatic hydroxyl groups is 1. The van der Waals surface area contributed by atoms with Gasteiger partial charge in [-0.25, -0.2) is 9.37 Å². The molecule has 0 aliphatic carbocycles. The standard InChI is InChI=1S/C13H7BrFN3O2/c14-8-4-7(5-9(15)6-8)12-17-13(20-18-12)11-10(19)2-1-3-16-11/h1-6,19H. The maximum atomic E-state index is 13.3. The highest BCUT2D eigenvalue weighted by Gasteiger charge is 2.15. The summed E-state index contributed by atoms with van der Waals surface area (Å²) < 4.78 is 19.0. The Morgan fingerprint density at radius 3 is 2.85 bits per heavy atom. The van der Waals surface area contributed by atoms with Crippen LogP contribution in [-0.2, 0) is 0 Å². The van der Waals surface area contributed by atoms with E-state index in [1.54, 1.807) is 12.1 Å². The third-order valence-electron chi connectivity index (χ3n) is 2.54. The Balaban J connectivity index is 2.04. The second kappa shape index (κ2) is 5.01. The molecule has 3 aromatic rings. The van der Waals surface area contributed by atoms with Gasteiger partial charge in [-0.2, -0.15) is 4.98 Å². The molecule has 5 nitrogen and oxygen atoms in total. The van der Waals surface area contributed by atoms with Crippen LogP contribution in [-0.4, -0.2) is 20.2 Å². The largest absolute Gasteiger partial charge is 0.505 e. The van der Waals surface area contributed by atoms with Gasteiger partial charge < -0.3 is 9.63 Å². The van der Waals surface area contributed by atoms with Crippen LogP contribution in [0, 0.1) is 5.82 Å². The van der Waals surface area contributed by atoms with Gasteiger partial charge in [0.15, 0.2) is 5.69 Å². The van der Waals surface area contributed by atoms with E-state index in [-0.39, 0.29) is 23.2 Å². The van der Waals surface area contributed by atoms with Crippen molar-refractivity contribution in [2.75, 3.05) is 0 Å². The topological polar surface area (TPSA) is 72.0 Å². The Hall–Kier alpha value is -2.28.